The fourth-order valence-electron chi connectivity index (χ4n) is 2.86. The van der Waals surface area contributed by atoms with E-state index in [2.05, 4.69) is 15.3 Å². The van der Waals surface area contributed by atoms with Crippen LogP contribution < -0.4 is 5.56 Å². The monoisotopic (exact) mass is 286 g/mol. The highest BCUT2D eigenvalue weighted by Gasteiger charge is 2.20. The van der Waals surface area contributed by atoms with Crippen molar-refractivity contribution >= 4 is 11.1 Å². The normalized spacial score (nSPS) is 14.5. The van der Waals surface area contributed by atoms with Gasteiger partial charge in [-0.25, -0.2) is 4.98 Å². The molecule has 0 aromatic carbocycles. The van der Waals surface area contributed by atoms with E-state index in [0.29, 0.717) is 17.6 Å². The molecule has 21 heavy (non-hydrogen) atoms. The van der Waals surface area contributed by atoms with Crippen molar-refractivity contribution in [2.75, 3.05) is 0 Å². The molecule has 0 atom stereocenters. The Kier molecular flexibility index (Phi) is 2.66. The fourth-order valence-corrected chi connectivity index (χ4v) is 2.86. The lowest BCUT2D eigenvalue weighted by Gasteiger charge is -2.09. The largest absolute Gasteiger partial charge is 0.361 e. The summed E-state index contributed by atoms with van der Waals surface area (Å²) in [5.41, 5.74) is 2.64. The molecular formula is C14H14N4O3. The number of rotatable bonds is 2. The zero-order chi connectivity index (χ0) is 14.4. The predicted molar refractivity (Wildman–Crippen MR) is 73.0 cm³/mol. The van der Waals surface area contributed by atoms with E-state index in [1.165, 1.54) is 10.9 Å². The summed E-state index contributed by atoms with van der Waals surface area (Å²) in [7, 11) is 0. The van der Waals surface area contributed by atoms with Crippen LogP contribution in [-0.2, 0) is 19.4 Å². The van der Waals surface area contributed by atoms with Gasteiger partial charge in [0.15, 0.2) is 0 Å². The highest BCUT2D eigenvalue weighted by molar-refractivity contribution is 5.73. The Morgan fingerprint density at radius 1 is 1.24 bits per heavy atom. The second kappa shape index (κ2) is 4.54. The standard InChI is InChI=1S/C14H14N4O3/c1-8-12-13(21-16-8)15-7-18(14(12)19)6-10-9-4-2-3-5-11(9)20-17-10/h7H,2-6H2,1H3. The molecule has 1 aliphatic rings. The molecule has 0 bridgehead atoms. The number of aryl methyl sites for hydroxylation is 2. The maximum absolute atomic E-state index is 12.5. The number of nitrogens with zero attached hydrogens (tertiary/aromatic N) is 4. The Labute approximate surface area is 119 Å². The Hall–Kier alpha value is -2.44. The van der Waals surface area contributed by atoms with E-state index in [1.54, 1.807) is 6.92 Å². The van der Waals surface area contributed by atoms with Gasteiger partial charge in [-0.3, -0.25) is 9.36 Å². The van der Waals surface area contributed by atoms with Gasteiger partial charge in [-0.1, -0.05) is 10.3 Å². The molecular weight excluding hydrogens is 272 g/mol. The average Bonchev–Trinajstić information content (AvgIpc) is 3.07. The first-order valence-corrected chi connectivity index (χ1v) is 7.02. The third kappa shape index (κ3) is 1.88. The summed E-state index contributed by atoms with van der Waals surface area (Å²) in [5, 5.41) is 8.33. The van der Waals surface area contributed by atoms with Crippen LogP contribution in [0.1, 0.15) is 35.6 Å². The van der Waals surface area contributed by atoms with Crippen LogP contribution in [0.3, 0.4) is 0 Å². The van der Waals surface area contributed by atoms with Crippen molar-refractivity contribution in [2.24, 2.45) is 0 Å². The second-order valence-corrected chi connectivity index (χ2v) is 5.36. The van der Waals surface area contributed by atoms with Gasteiger partial charge in [-0.15, -0.1) is 0 Å². The van der Waals surface area contributed by atoms with E-state index < -0.39 is 0 Å². The first-order valence-electron chi connectivity index (χ1n) is 7.02. The second-order valence-electron chi connectivity index (χ2n) is 5.36. The molecule has 0 saturated carbocycles. The molecule has 7 nitrogen and oxygen atoms in total. The van der Waals surface area contributed by atoms with Gasteiger partial charge < -0.3 is 9.05 Å². The zero-order valence-electron chi connectivity index (χ0n) is 11.6. The van der Waals surface area contributed by atoms with Crippen molar-refractivity contribution in [1.82, 2.24) is 19.9 Å². The topological polar surface area (TPSA) is 86.9 Å². The minimum absolute atomic E-state index is 0.161. The molecule has 0 radical (unpaired) electrons. The Morgan fingerprint density at radius 3 is 3.00 bits per heavy atom. The van der Waals surface area contributed by atoms with E-state index in [0.717, 1.165) is 42.7 Å². The minimum atomic E-state index is -0.161. The molecule has 3 aromatic heterocycles. The summed E-state index contributed by atoms with van der Waals surface area (Å²) < 4.78 is 11.9. The number of hydrogen-bond acceptors (Lipinski definition) is 6. The quantitative estimate of drug-likeness (QED) is 0.711. The van der Waals surface area contributed by atoms with E-state index in [9.17, 15) is 4.79 Å². The van der Waals surface area contributed by atoms with Gasteiger partial charge in [0.2, 0.25) is 0 Å². The smallest absolute Gasteiger partial charge is 0.266 e. The summed E-state index contributed by atoms with van der Waals surface area (Å²) in [6.45, 7) is 2.10. The number of aromatic nitrogens is 4. The maximum Gasteiger partial charge on any atom is 0.266 e. The highest BCUT2D eigenvalue weighted by atomic mass is 16.5. The van der Waals surface area contributed by atoms with Crippen LogP contribution in [0.4, 0.5) is 0 Å². The number of hydrogen-bond donors (Lipinski definition) is 0. The van der Waals surface area contributed by atoms with Crippen LogP contribution in [0.15, 0.2) is 20.2 Å². The van der Waals surface area contributed by atoms with E-state index in [4.69, 9.17) is 9.05 Å². The molecule has 4 rings (SSSR count). The Morgan fingerprint density at radius 2 is 2.10 bits per heavy atom. The van der Waals surface area contributed by atoms with Crippen LogP contribution in [0.5, 0.6) is 0 Å². The zero-order valence-corrected chi connectivity index (χ0v) is 11.6. The molecule has 1 aliphatic carbocycles. The van der Waals surface area contributed by atoms with Gasteiger partial charge in [0.05, 0.1) is 12.2 Å². The molecule has 0 saturated heterocycles. The van der Waals surface area contributed by atoms with Crippen LogP contribution in [-0.4, -0.2) is 19.9 Å². The van der Waals surface area contributed by atoms with E-state index >= 15 is 0 Å². The van der Waals surface area contributed by atoms with Crippen LogP contribution >= 0.6 is 0 Å². The van der Waals surface area contributed by atoms with Gasteiger partial charge in [-0.05, 0) is 26.2 Å². The lowest BCUT2D eigenvalue weighted by molar-refractivity contribution is 0.367. The summed E-state index contributed by atoms with van der Waals surface area (Å²) >= 11 is 0. The van der Waals surface area contributed by atoms with Gasteiger partial charge >= 0.3 is 0 Å². The Bertz CT molecular complexity index is 874. The van der Waals surface area contributed by atoms with Crippen molar-refractivity contribution in [3.63, 3.8) is 0 Å². The van der Waals surface area contributed by atoms with Crippen LogP contribution in [0.25, 0.3) is 11.1 Å². The highest BCUT2D eigenvalue weighted by Crippen LogP contribution is 2.24. The number of fused-ring (bicyclic) bond motifs is 2. The summed E-state index contributed by atoms with van der Waals surface area (Å²) in [6, 6.07) is 0. The van der Waals surface area contributed by atoms with E-state index in [-0.39, 0.29) is 11.3 Å². The maximum atomic E-state index is 12.5. The van der Waals surface area contributed by atoms with Gasteiger partial charge in [0.25, 0.3) is 11.3 Å². The summed E-state index contributed by atoms with van der Waals surface area (Å²) in [6.07, 6.45) is 5.64. The van der Waals surface area contributed by atoms with Crippen LogP contribution in [0.2, 0.25) is 0 Å². The Balaban J connectivity index is 1.78. The molecule has 0 spiro atoms. The van der Waals surface area contributed by atoms with Crippen molar-refractivity contribution in [3.05, 3.63) is 39.4 Å². The fraction of sp³-hybridized carbons (Fsp3) is 0.429. The van der Waals surface area contributed by atoms with Crippen molar-refractivity contribution < 1.29 is 9.05 Å². The van der Waals surface area contributed by atoms with Crippen molar-refractivity contribution in [2.45, 2.75) is 39.2 Å². The molecule has 7 heteroatoms. The minimum Gasteiger partial charge on any atom is -0.361 e. The molecule has 0 amide bonds. The van der Waals surface area contributed by atoms with Gasteiger partial charge in [-0.2, -0.15) is 0 Å². The van der Waals surface area contributed by atoms with Crippen molar-refractivity contribution in [1.29, 1.82) is 0 Å². The van der Waals surface area contributed by atoms with E-state index in [1.807, 2.05) is 0 Å². The summed E-state index contributed by atoms with van der Waals surface area (Å²) in [5.74, 6) is 0.958. The van der Waals surface area contributed by atoms with Crippen molar-refractivity contribution in [3.8, 4) is 0 Å². The third-order valence-electron chi connectivity index (χ3n) is 3.99. The lowest BCUT2D eigenvalue weighted by atomic mass is 9.96. The molecule has 108 valence electrons. The predicted octanol–water partition coefficient (Wildman–Crippen LogP) is 1.61. The van der Waals surface area contributed by atoms with Gasteiger partial charge in [0, 0.05) is 12.0 Å². The van der Waals surface area contributed by atoms with Crippen LogP contribution in [0, 0.1) is 6.92 Å². The molecule has 0 N–H and O–H groups in total. The summed E-state index contributed by atoms with van der Waals surface area (Å²) in [4.78, 5) is 16.6. The molecule has 3 aromatic rings. The SMILES string of the molecule is Cc1noc2ncn(Cc3noc4c3CCCC4)c(=O)c12. The molecule has 3 heterocycles. The first kappa shape index (κ1) is 12.3. The third-order valence-corrected chi connectivity index (χ3v) is 3.99. The first-order chi connectivity index (χ1) is 10.2. The molecule has 0 fully saturated rings. The average molecular weight is 286 g/mol. The molecule has 0 aliphatic heterocycles. The lowest BCUT2D eigenvalue weighted by Crippen LogP contribution is -2.22. The van der Waals surface area contributed by atoms with Gasteiger partial charge in [0.1, 0.15) is 23.2 Å². The molecule has 0 unspecified atom stereocenters.